The fraction of sp³-hybridized carbons (Fsp3) is 0.118. The molecule has 1 heterocycles. The van der Waals surface area contributed by atoms with Crippen LogP contribution in [0.1, 0.15) is 5.56 Å². The van der Waals surface area contributed by atoms with Crippen molar-refractivity contribution in [1.29, 1.82) is 0 Å². The molecule has 2 aromatic carbocycles. The van der Waals surface area contributed by atoms with Crippen molar-refractivity contribution >= 4 is 28.5 Å². The van der Waals surface area contributed by atoms with Crippen LogP contribution in [0.4, 0.5) is 20.2 Å². The number of nitrogens with one attached hydrogen (secondary N) is 2. The number of aromatic nitrogens is 1. The number of rotatable bonds is 5. The van der Waals surface area contributed by atoms with Crippen molar-refractivity contribution < 1.29 is 19.0 Å². The molecule has 5 nitrogen and oxygen atoms in total. The Hall–Kier alpha value is -2.93. The standard InChI is InChI=1S/C17H15F2N3O2/c18-10-1-3-15-12(7-10)13(17(24)22-15)9-21-11-2-4-16(14(19)8-11)20-5-6-23/h1-4,7-9,20,22-24H,5-6H2. The Balaban J connectivity index is 1.90. The van der Waals surface area contributed by atoms with Crippen LogP contribution in [0.2, 0.25) is 0 Å². The minimum absolute atomic E-state index is 0.101. The molecule has 1 aromatic heterocycles. The van der Waals surface area contributed by atoms with Gasteiger partial charge in [0.05, 0.1) is 23.5 Å². The fourth-order valence-electron chi connectivity index (χ4n) is 2.36. The Bertz CT molecular complexity index is 906. The monoisotopic (exact) mass is 331 g/mol. The number of aliphatic hydroxyl groups excluding tert-OH is 1. The van der Waals surface area contributed by atoms with E-state index < -0.39 is 11.6 Å². The second-order valence-electron chi connectivity index (χ2n) is 5.15. The van der Waals surface area contributed by atoms with Gasteiger partial charge in [0.2, 0.25) is 0 Å². The van der Waals surface area contributed by atoms with Gasteiger partial charge in [-0.2, -0.15) is 0 Å². The number of anilines is 1. The van der Waals surface area contributed by atoms with Gasteiger partial charge in [0.15, 0.2) is 5.88 Å². The Labute approximate surface area is 136 Å². The molecule has 124 valence electrons. The van der Waals surface area contributed by atoms with Gasteiger partial charge < -0.3 is 20.5 Å². The van der Waals surface area contributed by atoms with Crippen LogP contribution in [0.3, 0.4) is 0 Å². The van der Waals surface area contributed by atoms with Crippen LogP contribution in [0.15, 0.2) is 41.4 Å². The average Bonchev–Trinajstić information content (AvgIpc) is 2.87. The highest BCUT2D eigenvalue weighted by Crippen LogP contribution is 2.27. The first-order valence-corrected chi connectivity index (χ1v) is 7.27. The van der Waals surface area contributed by atoms with Crippen molar-refractivity contribution in [3.05, 3.63) is 53.6 Å². The third-order valence-corrected chi connectivity index (χ3v) is 3.50. The van der Waals surface area contributed by atoms with Crippen molar-refractivity contribution in [3.8, 4) is 5.88 Å². The zero-order chi connectivity index (χ0) is 17.1. The van der Waals surface area contributed by atoms with Crippen LogP contribution in [0.25, 0.3) is 10.9 Å². The molecule has 0 aliphatic carbocycles. The zero-order valence-electron chi connectivity index (χ0n) is 12.6. The van der Waals surface area contributed by atoms with Crippen LogP contribution in [0, 0.1) is 11.6 Å². The molecular weight excluding hydrogens is 316 g/mol. The van der Waals surface area contributed by atoms with Crippen molar-refractivity contribution in [2.24, 2.45) is 4.99 Å². The number of hydrogen-bond acceptors (Lipinski definition) is 4. The van der Waals surface area contributed by atoms with Gasteiger partial charge in [0.25, 0.3) is 0 Å². The zero-order valence-corrected chi connectivity index (χ0v) is 12.6. The molecule has 0 saturated carbocycles. The normalized spacial score (nSPS) is 11.5. The Morgan fingerprint density at radius 1 is 1.17 bits per heavy atom. The average molecular weight is 331 g/mol. The molecule has 4 N–H and O–H groups in total. The fourth-order valence-corrected chi connectivity index (χ4v) is 2.36. The molecule has 0 saturated heterocycles. The van der Waals surface area contributed by atoms with Gasteiger partial charge in [0, 0.05) is 29.7 Å². The van der Waals surface area contributed by atoms with E-state index in [1.165, 1.54) is 36.5 Å². The number of halogens is 2. The van der Waals surface area contributed by atoms with E-state index >= 15 is 0 Å². The summed E-state index contributed by atoms with van der Waals surface area (Å²) in [5, 5.41) is 21.9. The van der Waals surface area contributed by atoms with Crippen LogP contribution in [0.5, 0.6) is 5.88 Å². The van der Waals surface area contributed by atoms with E-state index in [4.69, 9.17) is 5.11 Å². The van der Waals surface area contributed by atoms with E-state index in [1.807, 2.05) is 0 Å². The molecule has 24 heavy (non-hydrogen) atoms. The quantitative estimate of drug-likeness (QED) is 0.542. The molecule has 0 aliphatic heterocycles. The van der Waals surface area contributed by atoms with Gasteiger partial charge >= 0.3 is 0 Å². The van der Waals surface area contributed by atoms with E-state index in [0.29, 0.717) is 22.2 Å². The summed E-state index contributed by atoms with van der Waals surface area (Å²) in [7, 11) is 0. The third kappa shape index (κ3) is 3.21. The molecule has 0 aliphatic rings. The molecule has 0 atom stereocenters. The molecule has 0 amide bonds. The molecule has 0 radical (unpaired) electrons. The molecule has 3 aromatic rings. The van der Waals surface area contributed by atoms with Gasteiger partial charge in [-0.15, -0.1) is 0 Å². The lowest BCUT2D eigenvalue weighted by Gasteiger charge is -2.05. The summed E-state index contributed by atoms with van der Waals surface area (Å²) >= 11 is 0. The minimum atomic E-state index is -0.507. The van der Waals surface area contributed by atoms with E-state index in [0.717, 1.165) is 0 Å². The first kappa shape index (κ1) is 15.9. The topological polar surface area (TPSA) is 80.6 Å². The summed E-state index contributed by atoms with van der Waals surface area (Å²) in [4.78, 5) is 6.85. The number of aliphatic hydroxyl groups is 1. The highest BCUT2D eigenvalue weighted by molar-refractivity contribution is 6.02. The third-order valence-electron chi connectivity index (χ3n) is 3.50. The van der Waals surface area contributed by atoms with Gasteiger partial charge in [-0.05, 0) is 30.3 Å². The number of benzene rings is 2. The summed E-state index contributed by atoms with van der Waals surface area (Å²) < 4.78 is 27.3. The predicted octanol–water partition coefficient (Wildman–Crippen LogP) is 3.31. The molecular formula is C17H15F2N3O2. The largest absolute Gasteiger partial charge is 0.494 e. The predicted molar refractivity (Wildman–Crippen MR) is 89.2 cm³/mol. The Kier molecular flexibility index (Phi) is 4.43. The summed E-state index contributed by atoms with van der Waals surface area (Å²) in [6, 6.07) is 8.41. The summed E-state index contributed by atoms with van der Waals surface area (Å²) in [6.07, 6.45) is 1.35. The SMILES string of the molecule is OCCNc1ccc(N=Cc2c(O)[nH]c3ccc(F)cc23)cc1F. The summed E-state index contributed by atoms with van der Waals surface area (Å²) in [5.74, 6) is -1.07. The number of aromatic hydroxyl groups is 1. The maximum atomic E-state index is 13.9. The van der Waals surface area contributed by atoms with Gasteiger partial charge in [-0.1, -0.05) is 0 Å². The maximum Gasteiger partial charge on any atom is 0.198 e. The van der Waals surface area contributed by atoms with Gasteiger partial charge in [-0.25, -0.2) is 8.78 Å². The van der Waals surface area contributed by atoms with Crippen molar-refractivity contribution in [1.82, 2.24) is 4.98 Å². The lowest BCUT2D eigenvalue weighted by molar-refractivity contribution is 0.311. The lowest BCUT2D eigenvalue weighted by Crippen LogP contribution is -2.06. The van der Waals surface area contributed by atoms with E-state index in [2.05, 4.69) is 15.3 Å². The minimum Gasteiger partial charge on any atom is -0.494 e. The second-order valence-corrected chi connectivity index (χ2v) is 5.15. The first-order chi connectivity index (χ1) is 11.6. The molecule has 3 rings (SSSR count). The lowest BCUT2D eigenvalue weighted by atomic mass is 10.2. The molecule has 0 spiro atoms. The number of aliphatic imine (C=N–C) groups is 1. The van der Waals surface area contributed by atoms with Gasteiger partial charge in [0.1, 0.15) is 11.6 Å². The number of aromatic amines is 1. The molecule has 0 unspecified atom stereocenters. The van der Waals surface area contributed by atoms with E-state index in [9.17, 15) is 13.9 Å². The number of hydrogen-bond donors (Lipinski definition) is 4. The number of fused-ring (bicyclic) bond motifs is 1. The summed E-state index contributed by atoms with van der Waals surface area (Å²) in [5.41, 5.74) is 1.50. The van der Waals surface area contributed by atoms with Crippen LogP contribution in [-0.2, 0) is 0 Å². The van der Waals surface area contributed by atoms with Crippen LogP contribution < -0.4 is 5.32 Å². The maximum absolute atomic E-state index is 13.9. The molecule has 7 heteroatoms. The highest BCUT2D eigenvalue weighted by Gasteiger charge is 2.10. The van der Waals surface area contributed by atoms with Crippen LogP contribution in [-0.4, -0.2) is 34.6 Å². The van der Waals surface area contributed by atoms with Crippen LogP contribution >= 0.6 is 0 Å². The highest BCUT2D eigenvalue weighted by atomic mass is 19.1. The molecule has 0 bridgehead atoms. The molecule has 0 fully saturated rings. The first-order valence-electron chi connectivity index (χ1n) is 7.27. The van der Waals surface area contributed by atoms with E-state index in [-0.39, 0.29) is 24.7 Å². The van der Waals surface area contributed by atoms with Gasteiger partial charge in [-0.3, -0.25) is 4.99 Å². The van der Waals surface area contributed by atoms with Crippen molar-refractivity contribution in [2.75, 3.05) is 18.5 Å². The van der Waals surface area contributed by atoms with Crippen molar-refractivity contribution in [2.45, 2.75) is 0 Å². The Morgan fingerprint density at radius 3 is 2.75 bits per heavy atom. The van der Waals surface area contributed by atoms with Crippen molar-refractivity contribution in [3.63, 3.8) is 0 Å². The van der Waals surface area contributed by atoms with E-state index in [1.54, 1.807) is 6.07 Å². The number of nitrogens with zero attached hydrogens (tertiary/aromatic N) is 1. The second kappa shape index (κ2) is 6.67. The number of H-pyrrole nitrogens is 1. The smallest absolute Gasteiger partial charge is 0.198 e. The Morgan fingerprint density at radius 2 is 2.00 bits per heavy atom. The summed E-state index contributed by atoms with van der Waals surface area (Å²) in [6.45, 7) is 0.143.